The van der Waals surface area contributed by atoms with Crippen LogP contribution >= 0.6 is 0 Å². The monoisotopic (exact) mass is 243 g/mol. The lowest BCUT2D eigenvalue weighted by Gasteiger charge is -2.05. The van der Waals surface area contributed by atoms with Gasteiger partial charge in [0.1, 0.15) is 6.61 Å². The number of para-hydroxylation sites is 1. The number of fused-ring (bicyclic) bond motifs is 1. The molecule has 90 valence electrons. The van der Waals surface area contributed by atoms with Gasteiger partial charge in [0.25, 0.3) is 0 Å². The summed E-state index contributed by atoms with van der Waals surface area (Å²) in [6, 6.07) is 11.9. The Labute approximate surface area is 103 Å². The minimum absolute atomic E-state index is 0.173. The van der Waals surface area contributed by atoms with Crippen LogP contribution in [0.25, 0.3) is 5.65 Å². The van der Waals surface area contributed by atoms with E-state index in [4.69, 9.17) is 4.74 Å². The highest BCUT2D eigenvalue weighted by Gasteiger charge is 2.07. The number of halogens is 1. The molecule has 4 nitrogen and oxygen atoms in total. The van der Waals surface area contributed by atoms with Crippen LogP contribution in [-0.2, 0) is 6.61 Å². The Hall–Kier alpha value is -2.43. The Morgan fingerprint density at radius 3 is 2.78 bits per heavy atom. The molecule has 0 amide bonds. The fraction of sp³-hybridized carbons (Fsp3) is 0.0769. The minimum Gasteiger partial charge on any atom is -0.483 e. The molecule has 0 bridgehead atoms. The third-order valence-electron chi connectivity index (χ3n) is 2.58. The molecule has 5 heteroatoms. The first-order valence-corrected chi connectivity index (χ1v) is 5.50. The lowest BCUT2D eigenvalue weighted by Crippen LogP contribution is -2.02. The molecule has 2 aromatic heterocycles. The van der Waals surface area contributed by atoms with Crippen molar-refractivity contribution < 1.29 is 9.13 Å². The topological polar surface area (TPSA) is 39.4 Å². The normalized spacial score (nSPS) is 10.7. The largest absolute Gasteiger partial charge is 0.483 e. The first kappa shape index (κ1) is 10.7. The molecule has 0 unspecified atom stereocenters. The van der Waals surface area contributed by atoms with E-state index < -0.39 is 0 Å². The highest BCUT2D eigenvalue weighted by molar-refractivity contribution is 5.37. The van der Waals surface area contributed by atoms with Crippen molar-refractivity contribution in [2.45, 2.75) is 6.61 Å². The van der Waals surface area contributed by atoms with Crippen LogP contribution in [0.5, 0.6) is 5.75 Å². The van der Waals surface area contributed by atoms with E-state index in [1.165, 1.54) is 6.07 Å². The summed E-state index contributed by atoms with van der Waals surface area (Å²) in [4.78, 5) is 0. The molecule has 0 aliphatic heterocycles. The van der Waals surface area contributed by atoms with Crippen LogP contribution in [0.4, 0.5) is 4.39 Å². The molecule has 3 aromatic rings. The van der Waals surface area contributed by atoms with Gasteiger partial charge in [-0.25, -0.2) is 4.39 Å². The van der Waals surface area contributed by atoms with Crippen molar-refractivity contribution >= 4 is 5.65 Å². The first-order chi connectivity index (χ1) is 8.84. The number of rotatable bonds is 3. The molecule has 18 heavy (non-hydrogen) atoms. The summed E-state index contributed by atoms with van der Waals surface area (Å²) >= 11 is 0. The van der Waals surface area contributed by atoms with Gasteiger partial charge in [-0.1, -0.05) is 18.2 Å². The maximum Gasteiger partial charge on any atom is 0.175 e. The second-order valence-electron chi connectivity index (χ2n) is 3.76. The smallest absolute Gasteiger partial charge is 0.175 e. The van der Waals surface area contributed by atoms with Crippen molar-refractivity contribution in [1.29, 1.82) is 0 Å². The number of hydrogen-bond acceptors (Lipinski definition) is 3. The molecule has 0 spiro atoms. The van der Waals surface area contributed by atoms with Crippen molar-refractivity contribution in [3.63, 3.8) is 0 Å². The average Bonchev–Trinajstić information content (AvgIpc) is 2.81. The summed E-state index contributed by atoms with van der Waals surface area (Å²) in [7, 11) is 0. The third kappa shape index (κ3) is 1.90. The fourth-order valence-electron chi connectivity index (χ4n) is 1.69. The number of pyridine rings is 1. The van der Waals surface area contributed by atoms with Crippen LogP contribution < -0.4 is 4.74 Å². The van der Waals surface area contributed by atoms with E-state index in [9.17, 15) is 4.39 Å². The molecule has 0 aliphatic rings. The van der Waals surface area contributed by atoms with Gasteiger partial charge >= 0.3 is 0 Å². The SMILES string of the molecule is Fc1ccccc1OCc1nnc2ccccn12. The van der Waals surface area contributed by atoms with Crippen LogP contribution in [0, 0.1) is 5.82 Å². The number of nitrogens with zero attached hydrogens (tertiary/aromatic N) is 3. The lowest BCUT2D eigenvalue weighted by molar-refractivity contribution is 0.280. The maximum atomic E-state index is 13.4. The van der Waals surface area contributed by atoms with Gasteiger partial charge in [0, 0.05) is 6.20 Å². The Bertz CT molecular complexity index is 681. The third-order valence-corrected chi connectivity index (χ3v) is 2.58. The lowest BCUT2D eigenvalue weighted by atomic mass is 10.3. The van der Waals surface area contributed by atoms with E-state index in [1.807, 2.05) is 24.4 Å². The summed E-state index contributed by atoms with van der Waals surface area (Å²) in [6.45, 7) is 0.173. The van der Waals surface area contributed by atoms with Gasteiger partial charge in [-0.2, -0.15) is 0 Å². The van der Waals surface area contributed by atoms with Crippen molar-refractivity contribution in [3.05, 3.63) is 60.3 Å². The molecule has 2 heterocycles. The van der Waals surface area contributed by atoms with Gasteiger partial charge in [0.05, 0.1) is 0 Å². The predicted octanol–water partition coefficient (Wildman–Crippen LogP) is 2.45. The summed E-state index contributed by atoms with van der Waals surface area (Å²) in [6.07, 6.45) is 1.84. The van der Waals surface area contributed by atoms with Crippen molar-refractivity contribution in [2.24, 2.45) is 0 Å². The molecule has 0 atom stereocenters. The zero-order valence-electron chi connectivity index (χ0n) is 9.45. The van der Waals surface area contributed by atoms with Gasteiger partial charge < -0.3 is 4.74 Å². The molecule has 0 aliphatic carbocycles. The summed E-state index contributed by atoms with van der Waals surface area (Å²) in [5, 5.41) is 8.00. The second kappa shape index (κ2) is 4.44. The Morgan fingerprint density at radius 2 is 1.89 bits per heavy atom. The summed E-state index contributed by atoms with van der Waals surface area (Å²) in [5.41, 5.74) is 0.740. The van der Waals surface area contributed by atoms with Gasteiger partial charge in [0.15, 0.2) is 23.0 Å². The predicted molar refractivity (Wildman–Crippen MR) is 63.7 cm³/mol. The number of benzene rings is 1. The van der Waals surface area contributed by atoms with Gasteiger partial charge in [0.2, 0.25) is 0 Å². The van der Waals surface area contributed by atoms with E-state index in [0.717, 1.165) is 5.65 Å². The molecular weight excluding hydrogens is 233 g/mol. The highest BCUT2D eigenvalue weighted by atomic mass is 19.1. The highest BCUT2D eigenvalue weighted by Crippen LogP contribution is 2.16. The second-order valence-corrected chi connectivity index (χ2v) is 3.76. The van der Waals surface area contributed by atoms with Crippen molar-refractivity contribution in [2.75, 3.05) is 0 Å². The molecule has 1 aromatic carbocycles. The minimum atomic E-state index is -0.383. The van der Waals surface area contributed by atoms with E-state index in [0.29, 0.717) is 5.82 Å². The number of hydrogen-bond donors (Lipinski definition) is 0. The molecule has 0 N–H and O–H groups in total. The molecule has 0 saturated heterocycles. The van der Waals surface area contributed by atoms with Crippen LogP contribution in [0.3, 0.4) is 0 Å². The quantitative estimate of drug-likeness (QED) is 0.709. The molecule has 0 saturated carbocycles. The Morgan fingerprint density at radius 1 is 1.06 bits per heavy atom. The van der Waals surface area contributed by atoms with Crippen molar-refractivity contribution in [3.8, 4) is 5.75 Å². The maximum absolute atomic E-state index is 13.4. The van der Waals surface area contributed by atoms with E-state index in [2.05, 4.69) is 10.2 Å². The number of ether oxygens (including phenoxy) is 1. The van der Waals surface area contributed by atoms with Gasteiger partial charge in [-0.05, 0) is 24.3 Å². The number of aromatic nitrogens is 3. The molecule has 0 fully saturated rings. The zero-order valence-corrected chi connectivity index (χ0v) is 9.45. The van der Waals surface area contributed by atoms with Crippen LogP contribution in [-0.4, -0.2) is 14.6 Å². The molecule has 0 radical (unpaired) electrons. The van der Waals surface area contributed by atoms with Crippen molar-refractivity contribution in [1.82, 2.24) is 14.6 Å². The molecule has 3 rings (SSSR count). The van der Waals surface area contributed by atoms with Crippen LogP contribution in [0.15, 0.2) is 48.7 Å². The zero-order chi connectivity index (χ0) is 12.4. The van der Waals surface area contributed by atoms with Gasteiger partial charge in [-0.3, -0.25) is 4.40 Å². The first-order valence-electron chi connectivity index (χ1n) is 5.50. The van der Waals surface area contributed by atoms with Crippen LogP contribution in [0.2, 0.25) is 0 Å². The fourth-order valence-corrected chi connectivity index (χ4v) is 1.69. The Kier molecular flexibility index (Phi) is 2.64. The van der Waals surface area contributed by atoms with E-state index in [1.54, 1.807) is 22.6 Å². The molecular formula is C13H10FN3O. The van der Waals surface area contributed by atoms with E-state index >= 15 is 0 Å². The van der Waals surface area contributed by atoms with E-state index in [-0.39, 0.29) is 18.2 Å². The van der Waals surface area contributed by atoms with Gasteiger partial charge in [-0.15, -0.1) is 10.2 Å². The summed E-state index contributed by atoms with van der Waals surface area (Å²) in [5.74, 6) is 0.463. The Balaban J connectivity index is 1.83. The summed E-state index contributed by atoms with van der Waals surface area (Å²) < 4.78 is 20.6. The van der Waals surface area contributed by atoms with Crippen LogP contribution in [0.1, 0.15) is 5.82 Å². The average molecular weight is 243 g/mol. The standard InChI is InChI=1S/C13H10FN3O/c14-10-5-1-2-6-11(10)18-9-13-16-15-12-7-3-4-8-17(12)13/h1-8H,9H2.